The van der Waals surface area contributed by atoms with E-state index < -0.39 is 12.6 Å². The van der Waals surface area contributed by atoms with Crippen molar-refractivity contribution in [1.82, 2.24) is 4.98 Å². The summed E-state index contributed by atoms with van der Waals surface area (Å²) in [6, 6.07) is 3.51. The van der Waals surface area contributed by atoms with Gasteiger partial charge in [0, 0.05) is 11.6 Å². The lowest BCUT2D eigenvalue weighted by Gasteiger charge is -2.06. The molecule has 1 aromatic heterocycles. The first-order valence-corrected chi connectivity index (χ1v) is 5.05. The van der Waals surface area contributed by atoms with Crippen molar-refractivity contribution >= 4 is 17.6 Å². The molecule has 0 radical (unpaired) electrons. The highest BCUT2D eigenvalue weighted by Crippen LogP contribution is 2.40. The Morgan fingerprint density at radius 3 is 2.87 bits per heavy atom. The molecule has 0 unspecified atom stereocenters. The van der Waals surface area contributed by atoms with Crippen molar-refractivity contribution in [2.45, 2.75) is 18.8 Å². The van der Waals surface area contributed by atoms with Crippen molar-refractivity contribution < 1.29 is 14.6 Å². The first kappa shape index (κ1) is 10.2. The Kier molecular flexibility index (Phi) is 2.77. The SMILES string of the molecule is O=C(O)COc1ccc(C2CC2)nc1Cl. The number of carboxylic acid groups (broad SMARTS) is 1. The summed E-state index contributed by atoms with van der Waals surface area (Å²) in [5.74, 6) is -0.183. The van der Waals surface area contributed by atoms with Crippen LogP contribution in [0, 0.1) is 0 Å². The summed E-state index contributed by atoms with van der Waals surface area (Å²) in [7, 11) is 0. The molecule has 1 aliphatic rings. The molecule has 1 aliphatic carbocycles. The first-order valence-electron chi connectivity index (χ1n) is 4.68. The minimum atomic E-state index is -1.03. The second-order valence-electron chi connectivity index (χ2n) is 3.48. The van der Waals surface area contributed by atoms with Crippen LogP contribution in [-0.2, 0) is 4.79 Å². The van der Waals surface area contributed by atoms with Gasteiger partial charge in [0.05, 0.1) is 0 Å². The lowest BCUT2D eigenvalue weighted by Crippen LogP contribution is -2.10. The third kappa shape index (κ3) is 2.59. The molecular weight excluding hydrogens is 218 g/mol. The number of ether oxygens (including phenoxy) is 1. The van der Waals surface area contributed by atoms with Crippen molar-refractivity contribution in [3.05, 3.63) is 23.0 Å². The fraction of sp³-hybridized carbons (Fsp3) is 0.400. The van der Waals surface area contributed by atoms with Crippen molar-refractivity contribution in [2.24, 2.45) is 0 Å². The van der Waals surface area contributed by atoms with Gasteiger partial charge in [0.2, 0.25) is 0 Å². The number of carbonyl (C=O) groups is 1. The molecule has 1 heterocycles. The number of aliphatic carboxylic acids is 1. The normalized spacial score (nSPS) is 15.0. The molecule has 15 heavy (non-hydrogen) atoms. The Labute approximate surface area is 91.8 Å². The zero-order valence-electron chi connectivity index (χ0n) is 7.94. The van der Waals surface area contributed by atoms with Crippen LogP contribution in [0.5, 0.6) is 5.75 Å². The van der Waals surface area contributed by atoms with Crippen molar-refractivity contribution in [2.75, 3.05) is 6.61 Å². The van der Waals surface area contributed by atoms with Gasteiger partial charge in [-0.25, -0.2) is 9.78 Å². The summed E-state index contributed by atoms with van der Waals surface area (Å²) in [6.45, 7) is -0.399. The summed E-state index contributed by atoms with van der Waals surface area (Å²) in [4.78, 5) is 14.4. The zero-order valence-corrected chi connectivity index (χ0v) is 8.70. The molecule has 0 bridgehead atoms. The molecule has 0 aliphatic heterocycles. The lowest BCUT2D eigenvalue weighted by atomic mass is 10.2. The third-order valence-corrected chi connectivity index (χ3v) is 2.45. The van der Waals surface area contributed by atoms with Crippen molar-refractivity contribution in [3.63, 3.8) is 0 Å². The molecular formula is C10H10ClNO3. The average Bonchev–Trinajstić information content (AvgIpc) is 2.98. The van der Waals surface area contributed by atoms with E-state index in [1.807, 2.05) is 6.07 Å². The van der Waals surface area contributed by atoms with Gasteiger partial charge in [-0.3, -0.25) is 0 Å². The van der Waals surface area contributed by atoms with Gasteiger partial charge in [0.25, 0.3) is 0 Å². The predicted octanol–water partition coefficient (Wildman–Crippen LogP) is 2.08. The molecule has 0 spiro atoms. The molecule has 1 saturated carbocycles. The molecule has 0 saturated heterocycles. The van der Waals surface area contributed by atoms with Gasteiger partial charge in [0.1, 0.15) is 0 Å². The Balaban J connectivity index is 2.08. The van der Waals surface area contributed by atoms with Crippen LogP contribution in [0.2, 0.25) is 5.15 Å². The van der Waals surface area contributed by atoms with Crippen LogP contribution in [0.15, 0.2) is 12.1 Å². The number of hydrogen-bond acceptors (Lipinski definition) is 3. The standard InChI is InChI=1S/C10H10ClNO3/c11-10-8(15-5-9(13)14)4-3-7(12-10)6-1-2-6/h3-4,6H,1-2,5H2,(H,13,14). The summed E-state index contributed by atoms with van der Waals surface area (Å²) in [5, 5.41) is 8.67. The molecule has 1 fully saturated rings. The smallest absolute Gasteiger partial charge is 0.341 e. The maximum Gasteiger partial charge on any atom is 0.341 e. The van der Waals surface area contributed by atoms with Gasteiger partial charge in [-0.1, -0.05) is 11.6 Å². The molecule has 1 aromatic rings. The fourth-order valence-corrected chi connectivity index (χ4v) is 1.50. The molecule has 1 N–H and O–H groups in total. The minimum absolute atomic E-state index is 0.237. The van der Waals surface area contributed by atoms with Crippen molar-refractivity contribution in [3.8, 4) is 5.75 Å². The number of halogens is 1. The summed E-state index contributed by atoms with van der Waals surface area (Å²) in [6.07, 6.45) is 2.30. The van der Waals surface area contributed by atoms with E-state index >= 15 is 0 Å². The Morgan fingerprint density at radius 2 is 2.33 bits per heavy atom. The highest BCUT2D eigenvalue weighted by molar-refractivity contribution is 6.30. The van der Waals surface area contributed by atoms with E-state index in [0.717, 1.165) is 18.5 Å². The number of aromatic nitrogens is 1. The van der Waals surface area contributed by atoms with Gasteiger partial charge >= 0.3 is 5.97 Å². The van der Waals surface area contributed by atoms with Crippen LogP contribution in [0.3, 0.4) is 0 Å². The number of carboxylic acids is 1. The van der Waals surface area contributed by atoms with E-state index in [-0.39, 0.29) is 5.15 Å². The van der Waals surface area contributed by atoms with E-state index in [4.69, 9.17) is 21.4 Å². The van der Waals surface area contributed by atoms with E-state index in [0.29, 0.717) is 11.7 Å². The Morgan fingerprint density at radius 1 is 1.60 bits per heavy atom. The summed E-state index contributed by atoms with van der Waals surface area (Å²) >= 11 is 5.86. The molecule has 5 heteroatoms. The van der Waals surface area contributed by atoms with Crippen LogP contribution in [-0.4, -0.2) is 22.7 Å². The van der Waals surface area contributed by atoms with Gasteiger partial charge in [-0.2, -0.15) is 0 Å². The highest BCUT2D eigenvalue weighted by Gasteiger charge is 2.25. The summed E-state index contributed by atoms with van der Waals surface area (Å²) in [5.41, 5.74) is 0.961. The topological polar surface area (TPSA) is 59.4 Å². The molecule has 0 amide bonds. The van der Waals surface area contributed by atoms with E-state index in [2.05, 4.69) is 4.98 Å². The Bertz CT molecular complexity index is 390. The molecule has 0 aromatic carbocycles. The van der Waals surface area contributed by atoms with Crippen molar-refractivity contribution in [1.29, 1.82) is 0 Å². The Hall–Kier alpha value is -1.29. The van der Waals surface area contributed by atoms with Crippen LogP contribution in [0.1, 0.15) is 24.5 Å². The van der Waals surface area contributed by atoms with Crippen LogP contribution < -0.4 is 4.74 Å². The van der Waals surface area contributed by atoms with Crippen LogP contribution in [0.25, 0.3) is 0 Å². The maximum absolute atomic E-state index is 10.3. The second-order valence-corrected chi connectivity index (χ2v) is 3.84. The van der Waals surface area contributed by atoms with Gasteiger partial charge < -0.3 is 9.84 Å². The van der Waals surface area contributed by atoms with Gasteiger partial charge in [-0.15, -0.1) is 0 Å². The fourth-order valence-electron chi connectivity index (χ4n) is 1.29. The largest absolute Gasteiger partial charge is 0.479 e. The van der Waals surface area contributed by atoms with E-state index in [1.54, 1.807) is 6.07 Å². The number of hydrogen-bond donors (Lipinski definition) is 1. The highest BCUT2D eigenvalue weighted by atomic mass is 35.5. The minimum Gasteiger partial charge on any atom is -0.479 e. The number of rotatable bonds is 4. The number of pyridine rings is 1. The number of nitrogens with zero attached hydrogens (tertiary/aromatic N) is 1. The first-order chi connectivity index (χ1) is 7.16. The van der Waals surface area contributed by atoms with Gasteiger partial charge in [-0.05, 0) is 25.0 Å². The van der Waals surface area contributed by atoms with E-state index in [9.17, 15) is 4.79 Å². The quantitative estimate of drug-likeness (QED) is 0.800. The molecule has 0 atom stereocenters. The van der Waals surface area contributed by atoms with E-state index in [1.165, 1.54) is 0 Å². The zero-order chi connectivity index (χ0) is 10.8. The molecule has 4 nitrogen and oxygen atoms in total. The predicted molar refractivity (Wildman–Crippen MR) is 54.4 cm³/mol. The van der Waals surface area contributed by atoms with Crippen LogP contribution >= 0.6 is 11.6 Å². The summed E-state index contributed by atoms with van der Waals surface area (Å²) < 4.78 is 4.96. The maximum atomic E-state index is 10.3. The molecule has 2 rings (SSSR count). The lowest BCUT2D eigenvalue weighted by molar-refractivity contribution is -0.139. The third-order valence-electron chi connectivity index (χ3n) is 2.18. The van der Waals surface area contributed by atoms with Crippen LogP contribution in [0.4, 0.5) is 0 Å². The second kappa shape index (κ2) is 4.06. The average molecular weight is 228 g/mol. The monoisotopic (exact) mass is 227 g/mol. The molecule has 80 valence electrons. The van der Waals surface area contributed by atoms with Gasteiger partial charge in [0.15, 0.2) is 17.5 Å².